The maximum absolute atomic E-state index is 12.2. The fourth-order valence-electron chi connectivity index (χ4n) is 2.91. The molecule has 0 saturated heterocycles. The molecule has 1 fully saturated rings. The van der Waals surface area contributed by atoms with Gasteiger partial charge in [0.2, 0.25) is 5.91 Å². The molecular formula is C19H18N2O. The molecule has 1 amide bonds. The van der Waals surface area contributed by atoms with Crippen LogP contribution in [0.3, 0.4) is 0 Å². The number of nitrogens with one attached hydrogen (secondary N) is 1. The second kappa shape index (κ2) is 6.44. The fourth-order valence-corrected chi connectivity index (χ4v) is 2.91. The van der Waals surface area contributed by atoms with E-state index in [9.17, 15) is 4.79 Å². The van der Waals surface area contributed by atoms with Gasteiger partial charge < -0.3 is 5.32 Å². The maximum atomic E-state index is 12.2. The summed E-state index contributed by atoms with van der Waals surface area (Å²) < 4.78 is 0. The molecule has 0 bridgehead atoms. The molecule has 0 aliphatic heterocycles. The topological polar surface area (TPSA) is 52.9 Å². The molecule has 2 aromatic carbocycles. The summed E-state index contributed by atoms with van der Waals surface area (Å²) in [5, 5.41) is 11.9. The molecular weight excluding hydrogens is 272 g/mol. The molecule has 0 radical (unpaired) electrons. The van der Waals surface area contributed by atoms with Crippen molar-refractivity contribution in [3.63, 3.8) is 0 Å². The summed E-state index contributed by atoms with van der Waals surface area (Å²) in [7, 11) is 0. The van der Waals surface area contributed by atoms with Crippen LogP contribution in [0.4, 0.5) is 0 Å². The summed E-state index contributed by atoms with van der Waals surface area (Å²) >= 11 is 0. The van der Waals surface area contributed by atoms with Crippen molar-refractivity contribution in [2.45, 2.75) is 31.2 Å². The molecule has 1 saturated carbocycles. The molecule has 0 heterocycles. The van der Waals surface area contributed by atoms with Crippen molar-refractivity contribution in [2.75, 3.05) is 0 Å². The standard InChI is InChI=1S/C19H18N2O/c20-13-15-8-6-14(7-9-15)12-19(22)21-18-11-10-17(18)16-4-2-1-3-5-16/h1-9,17-18H,10-12H2,(H,21,22)/t17-,18-/m1/s1. The van der Waals surface area contributed by atoms with E-state index in [0.717, 1.165) is 18.4 Å². The molecule has 1 aliphatic rings. The van der Waals surface area contributed by atoms with Crippen molar-refractivity contribution in [1.82, 2.24) is 5.32 Å². The number of carbonyl (C=O) groups excluding carboxylic acids is 1. The minimum Gasteiger partial charge on any atom is -0.352 e. The van der Waals surface area contributed by atoms with Crippen molar-refractivity contribution in [2.24, 2.45) is 0 Å². The van der Waals surface area contributed by atoms with E-state index in [1.54, 1.807) is 12.1 Å². The van der Waals surface area contributed by atoms with Crippen LogP contribution in [0.1, 0.15) is 35.4 Å². The first kappa shape index (κ1) is 14.3. The number of benzene rings is 2. The first-order valence-corrected chi connectivity index (χ1v) is 7.59. The normalized spacial score (nSPS) is 19.8. The van der Waals surface area contributed by atoms with Crippen LogP contribution in [0, 0.1) is 11.3 Å². The van der Waals surface area contributed by atoms with E-state index in [1.807, 2.05) is 30.3 Å². The Morgan fingerprint density at radius 1 is 1.09 bits per heavy atom. The number of nitriles is 1. The summed E-state index contributed by atoms with van der Waals surface area (Å²) in [6.45, 7) is 0. The summed E-state index contributed by atoms with van der Waals surface area (Å²) in [6.07, 6.45) is 2.54. The van der Waals surface area contributed by atoms with E-state index >= 15 is 0 Å². The molecule has 0 aromatic heterocycles. The van der Waals surface area contributed by atoms with Gasteiger partial charge in [-0.05, 0) is 36.1 Å². The van der Waals surface area contributed by atoms with Gasteiger partial charge in [0.05, 0.1) is 18.1 Å². The highest BCUT2D eigenvalue weighted by Gasteiger charge is 2.32. The minimum atomic E-state index is 0.0512. The third-order valence-electron chi connectivity index (χ3n) is 4.30. The minimum absolute atomic E-state index is 0.0512. The lowest BCUT2D eigenvalue weighted by Gasteiger charge is -2.37. The van der Waals surface area contributed by atoms with E-state index in [1.165, 1.54) is 5.56 Å². The maximum Gasteiger partial charge on any atom is 0.224 e. The van der Waals surface area contributed by atoms with Crippen LogP contribution in [0.25, 0.3) is 0 Å². The molecule has 0 unspecified atom stereocenters. The van der Waals surface area contributed by atoms with Gasteiger partial charge in [-0.3, -0.25) is 4.79 Å². The number of hydrogen-bond donors (Lipinski definition) is 1. The lowest BCUT2D eigenvalue weighted by atomic mass is 9.75. The molecule has 1 N–H and O–H groups in total. The molecule has 3 rings (SSSR count). The fraction of sp³-hybridized carbons (Fsp3) is 0.263. The third-order valence-corrected chi connectivity index (χ3v) is 4.30. The van der Waals surface area contributed by atoms with Crippen LogP contribution < -0.4 is 5.32 Å². The highest BCUT2D eigenvalue weighted by atomic mass is 16.1. The monoisotopic (exact) mass is 290 g/mol. The Hall–Kier alpha value is -2.60. The Morgan fingerprint density at radius 2 is 1.82 bits per heavy atom. The Bertz CT molecular complexity index is 686. The molecule has 1 aliphatic carbocycles. The smallest absolute Gasteiger partial charge is 0.224 e. The lowest BCUT2D eigenvalue weighted by molar-refractivity contribution is -0.121. The average molecular weight is 290 g/mol. The zero-order valence-corrected chi connectivity index (χ0v) is 12.3. The van der Waals surface area contributed by atoms with Gasteiger partial charge in [0.1, 0.15) is 0 Å². The molecule has 2 atom stereocenters. The van der Waals surface area contributed by atoms with Crippen molar-refractivity contribution in [3.05, 3.63) is 71.3 Å². The lowest BCUT2D eigenvalue weighted by Crippen LogP contribution is -2.45. The van der Waals surface area contributed by atoms with E-state index < -0.39 is 0 Å². The van der Waals surface area contributed by atoms with Crippen LogP contribution in [0.5, 0.6) is 0 Å². The average Bonchev–Trinajstić information content (AvgIpc) is 2.53. The Morgan fingerprint density at radius 3 is 2.41 bits per heavy atom. The van der Waals surface area contributed by atoms with Crippen molar-refractivity contribution < 1.29 is 4.79 Å². The molecule has 3 heteroatoms. The summed E-state index contributed by atoms with van der Waals surface area (Å²) in [4.78, 5) is 12.2. The van der Waals surface area contributed by atoms with Crippen LogP contribution >= 0.6 is 0 Å². The predicted octanol–water partition coefficient (Wildman–Crippen LogP) is 3.16. The highest BCUT2D eigenvalue weighted by Crippen LogP contribution is 2.36. The predicted molar refractivity (Wildman–Crippen MR) is 85.2 cm³/mol. The number of nitrogens with zero attached hydrogens (tertiary/aromatic N) is 1. The largest absolute Gasteiger partial charge is 0.352 e. The quantitative estimate of drug-likeness (QED) is 0.940. The van der Waals surface area contributed by atoms with Gasteiger partial charge in [-0.1, -0.05) is 42.5 Å². The van der Waals surface area contributed by atoms with Crippen molar-refractivity contribution in [3.8, 4) is 6.07 Å². The zero-order chi connectivity index (χ0) is 15.4. The van der Waals surface area contributed by atoms with Gasteiger partial charge in [-0.25, -0.2) is 0 Å². The number of hydrogen-bond acceptors (Lipinski definition) is 2. The first-order chi connectivity index (χ1) is 10.8. The van der Waals surface area contributed by atoms with Gasteiger partial charge in [-0.2, -0.15) is 5.26 Å². The van der Waals surface area contributed by atoms with Crippen LogP contribution in [0.15, 0.2) is 54.6 Å². The summed E-state index contributed by atoms with van der Waals surface area (Å²) in [5.41, 5.74) is 2.86. The molecule has 3 nitrogen and oxygen atoms in total. The number of amides is 1. The van der Waals surface area contributed by atoms with Crippen molar-refractivity contribution in [1.29, 1.82) is 5.26 Å². The molecule has 0 spiro atoms. The molecule has 22 heavy (non-hydrogen) atoms. The van der Waals surface area contributed by atoms with Crippen LogP contribution in [0.2, 0.25) is 0 Å². The van der Waals surface area contributed by atoms with Crippen molar-refractivity contribution >= 4 is 5.91 Å². The summed E-state index contributed by atoms with van der Waals surface area (Å²) in [5.74, 6) is 0.487. The Balaban J connectivity index is 1.57. The van der Waals surface area contributed by atoms with Gasteiger partial charge in [0, 0.05) is 12.0 Å². The van der Waals surface area contributed by atoms with E-state index in [-0.39, 0.29) is 11.9 Å². The van der Waals surface area contributed by atoms with E-state index in [2.05, 4.69) is 23.5 Å². The number of carbonyl (C=O) groups is 1. The van der Waals surface area contributed by atoms with Crippen LogP contribution in [-0.4, -0.2) is 11.9 Å². The van der Waals surface area contributed by atoms with Crippen LogP contribution in [-0.2, 0) is 11.2 Å². The first-order valence-electron chi connectivity index (χ1n) is 7.59. The second-order valence-corrected chi connectivity index (χ2v) is 5.75. The van der Waals surface area contributed by atoms with Gasteiger partial charge in [0.25, 0.3) is 0 Å². The number of rotatable bonds is 4. The Kier molecular flexibility index (Phi) is 4.20. The van der Waals surface area contributed by atoms with Gasteiger partial charge in [0.15, 0.2) is 0 Å². The van der Waals surface area contributed by atoms with Gasteiger partial charge >= 0.3 is 0 Å². The van der Waals surface area contributed by atoms with Gasteiger partial charge in [-0.15, -0.1) is 0 Å². The SMILES string of the molecule is N#Cc1ccc(CC(=O)N[C@@H]2CC[C@@H]2c2ccccc2)cc1. The second-order valence-electron chi connectivity index (χ2n) is 5.75. The summed E-state index contributed by atoms with van der Waals surface area (Å²) in [6, 6.07) is 19.9. The molecule has 2 aromatic rings. The van der Waals surface area contributed by atoms with E-state index in [4.69, 9.17) is 5.26 Å². The zero-order valence-electron chi connectivity index (χ0n) is 12.3. The Labute approximate surface area is 130 Å². The third kappa shape index (κ3) is 3.17. The highest BCUT2D eigenvalue weighted by molar-refractivity contribution is 5.79. The van der Waals surface area contributed by atoms with E-state index in [0.29, 0.717) is 17.9 Å². The molecule has 110 valence electrons.